The third-order valence-electron chi connectivity index (χ3n) is 5.45. The Balaban J connectivity index is 1.51. The molecule has 4 rings (SSSR count). The minimum absolute atomic E-state index is 0.123. The molecule has 1 amide bonds. The van der Waals surface area contributed by atoms with Crippen molar-refractivity contribution < 1.29 is 14.3 Å². The van der Waals surface area contributed by atoms with E-state index in [0.29, 0.717) is 49.4 Å². The van der Waals surface area contributed by atoms with E-state index < -0.39 is 5.60 Å². The van der Waals surface area contributed by atoms with E-state index in [0.717, 1.165) is 11.1 Å². The first-order valence-corrected chi connectivity index (χ1v) is 8.86. The van der Waals surface area contributed by atoms with Crippen molar-refractivity contribution in [3.63, 3.8) is 0 Å². The number of Topliss-reactive ketones (excluding diaryl/α,β-unsaturated/α-hetero) is 1. The van der Waals surface area contributed by atoms with Crippen LogP contribution in [-0.2, 0) is 0 Å². The van der Waals surface area contributed by atoms with E-state index in [1.807, 2.05) is 26.0 Å². The van der Waals surface area contributed by atoms with Gasteiger partial charge in [0.1, 0.15) is 17.0 Å². The molecule has 0 bridgehead atoms. The second-order valence-electron chi connectivity index (χ2n) is 7.20. The van der Waals surface area contributed by atoms with Crippen molar-refractivity contribution in [1.82, 2.24) is 14.9 Å². The maximum Gasteiger partial charge on any atom is 0.274 e. The third-order valence-corrected chi connectivity index (χ3v) is 5.45. The fraction of sp³-hybridized carbons (Fsp3) is 0.400. The van der Waals surface area contributed by atoms with Crippen LogP contribution in [0.25, 0.3) is 0 Å². The quantitative estimate of drug-likeness (QED) is 0.790. The number of benzene rings is 1. The molecule has 6 nitrogen and oxygen atoms in total. The monoisotopic (exact) mass is 351 g/mol. The van der Waals surface area contributed by atoms with Crippen molar-refractivity contribution in [2.24, 2.45) is 0 Å². The van der Waals surface area contributed by atoms with Crippen LogP contribution in [0.5, 0.6) is 5.75 Å². The third kappa shape index (κ3) is 2.85. The molecule has 6 heteroatoms. The van der Waals surface area contributed by atoms with Gasteiger partial charge in [-0.15, -0.1) is 0 Å². The molecule has 0 unspecified atom stereocenters. The topological polar surface area (TPSA) is 72.4 Å². The molecular formula is C20H21N3O3. The number of carbonyl (C=O) groups excluding carboxylic acids is 2. The summed E-state index contributed by atoms with van der Waals surface area (Å²) in [5.74, 6) is 0.683. The minimum atomic E-state index is -0.509. The van der Waals surface area contributed by atoms with Crippen LogP contribution in [0.3, 0.4) is 0 Å². The Morgan fingerprint density at radius 3 is 2.58 bits per heavy atom. The highest BCUT2D eigenvalue weighted by Gasteiger charge is 2.44. The van der Waals surface area contributed by atoms with Crippen molar-refractivity contribution in [1.29, 1.82) is 0 Å². The van der Waals surface area contributed by atoms with Crippen LogP contribution in [0, 0.1) is 13.8 Å². The summed E-state index contributed by atoms with van der Waals surface area (Å²) in [7, 11) is 0. The first-order chi connectivity index (χ1) is 12.5. The van der Waals surface area contributed by atoms with Crippen LogP contribution in [0.4, 0.5) is 0 Å². The molecule has 1 aromatic carbocycles. The molecule has 2 aliphatic heterocycles. The molecule has 1 spiro atoms. The van der Waals surface area contributed by atoms with Gasteiger partial charge in [-0.2, -0.15) is 0 Å². The Morgan fingerprint density at radius 1 is 1.15 bits per heavy atom. The summed E-state index contributed by atoms with van der Waals surface area (Å²) < 4.78 is 6.31. The highest BCUT2D eigenvalue weighted by Crippen LogP contribution is 2.40. The highest BCUT2D eigenvalue weighted by atomic mass is 16.5. The first-order valence-electron chi connectivity index (χ1n) is 8.86. The summed E-state index contributed by atoms with van der Waals surface area (Å²) in [6.45, 7) is 5.11. The average molecular weight is 351 g/mol. The van der Waals surface area contributed by atoms with Gasteiger partial charge < -0.3 is 9.64 Å². The number of hydrogen-bond donors (Lipinski definition) is 0. The van der Waals surface area contributed by atoms with E-state index in [9.17, 15) is 9.59 Å². The smallest absolute Gasteiger partial charge is 0.274 e. The van der Waals surface area contributed by atoms with E-state index in [1.165, 1.54) is 12.4 Å². The summed E-state index contributed by atoms with van der Waals surface area (Å²) in [6, 6.07) is 3.88. The maximum absolute atomic E-state index is 12.7. The predicted octanol–water partition coefficient (Wildman–Crippen LogP) is 2.73. The molecule has 26 heavy (non-hydrogen) atoms. The number of ether oxygens (including phenoxy) is 1. The lowest BCUT2D eigenvalue weighted by Crippen LogP contribution is -2.52. The second-order valence-corrected chi connectivity index (χ2v) is 7.20. The van der Waals surface area contributed by atoms with Crippen molar-refractivity contribution in [2.75, 3.05) is 13.1 Å². The number of piperidine rings is 1. The molecule has 3 heterocycles. The van der Waals surface area contributed by atoms with E-state index in [2.05, 4.69) is 9.97 Å². The molecule has 0 saturated carbocycles. The predicted molar refractivity (Wildman–Crippen MR) is 95.4 cm³/mol. The highest BCUT2D eigenvalue weighted by molar-refractivity contribution is 6.00. The molecule has 1 aromatic heterocycles. The number of rotatable bonds is 1. The van der Waals surface area contributed by atoms with Gasteiger partial charge in [0.05, 0.1) is 18.2 Å². The summed E-state index contributed by atoms with van der Waals surface area (Å²) in [5.41, 5.74) is 2.73. The van der Waals surface area contributed by atoms with Gasteiger partial charge in [-0.05, 0) is 37.1 Å². The van der Waals surface area contributed by atoms with Crippen LogP contribution in [-0.4, -0.2) is 45.2 Å². The van der Waals surface area contributed by atoms with Crippen LogP contribution < -0.4 is 4.74 Å². The van der Waals surface area contributed by atoms with Crippen LogP contribution in [0.2, 0.25) is 0 Å². The van der Waals surface area contributed by atoms with E-state index in [-0.39, 0.29) is 11.7 Å². The summed E-state index contributed by atoms with van der Waals surface area (Å²) in [4.78, 5) is 35.0. The lowest BCUT2D eigenvalue weighted by molar-refractivity contribution is -0.00590. The maximum atomic E-state index is 12.7. The van der Waals surface area contributed by atoms with Crippen molar-refractivity contribution >= 4 is 11.7 Å². The summed E-state index contributed by atoms with van der Waals surface area (Å²) >= 11 is 0. The molecule has 0 radical (unpaired) electrons. The second kappa shape index (κ2) is 6.20. The normalized spacial score (nSPS) is 18.4. The number of carbonyl (C=O) groups is 2. The summed E-state index contributed by atoms with van der Waals surface area (Å²) in [5, 5.41) is 0. The Labute approximate surface area is 152 Å². The number of nitrogens with zero attached hydrogens (tertiary/aromatic N) is 3. The Kier molecular flexibility index (Phi) is 3.98. The lowest BCUT2D eigenvalue weighted by atomic mass is 9.82. The Bertz CT molecular complexity index is 871. The van der Waals surface area contributed by atoms with Crippen molar-refractivity contribution in [3.8, 4) is 5.75 Å². The fourth-order valence-corrected chi connectivity index (χ4v) is 3.72. The SMILES string of the molecule is Cc1cc2c(cc1C)C(=O)CC1(CCN(C(=O)c3cnccn3)CC1)O2. The van der Waals surface area contributed by atoms with Crippen molar-refractivity contribution in [2.45, 2.75) is 38.7 Å². The van der Waals surface area contributed by atoms with E-state index in [1.54, 1.807) is 11.1 Å². The minimum Gasteiger partial charge on any atom is -0.486 e. The van der Waals surface area contributed by atoms with Crippen LogP contribution in [0.15, 0.2) is 30.7 Å². The first kappa shape index (κ1) is 16.7. The number of hydrogen-bond acceptors (Lipinski definition) is 5. The summed E-state index contributed by atoms with van der Waals surface area (Å²) in [6.07, 6.45) is 6.19. The number of aryl methyl sites for hydroxylation is 2. The number of fused-ring (bicyclic) bond motifs is 1. The van der Waals surface area contributed by atoms with Crippen LogP contribution >= 0.6 is 0 Å². The molecule has 2 aromatic rings. The largest absolute Gasteiger partial charge is 0.486 e. The van der Waals surface area contributed by atoms with Gasteiger partial charge in [-0.1, -0.05) is 0 Å². The molecule has 0 N–H and O–H groups in total. The van der Waals surface area contributed by atoms with E-state index in [4.69, 9.17) is 4.74 Å². The lowest BCUT2D eigenvalue weighted by Gasteiger charge is -2.44. The Morgan fingerprint density at radius 2 is 1.88 bits per heavy atom. The number of likely N-dealkylation sites (tertiary alicyclic amines) is 1. The number of aromatic nitrogens is 2. The van der Waals surface area contributed by atoms with Gasteiger partial charge in [-0.3, -0.25) is 14.6 Å². The molecule has 1 saturated heterocycles. The van der Waals surface area contributed by atoms with Crippen LogP contribution in [0.1, 0.15) is 51.2 Å². The zero-order chi connectivity index (χ0) is 18.3. The molecule has 134 valence electrons. The zero-order valence-electron chi connectivity index (χ0n) is 15.0. The van der Waals surface area contributed by atoms with Gasteiger partial charge >= 0.3 is 0 Å². The van der Waals surface area contributed by atoms with Gasteiger partial charge in [0.15, 0.2) is 5.78 Å². The average Bonchev–Trinajstić information content (AvgIpc) is 2.64. The molecular weight excluding hydrogens is 330 g/mol. The van der Waals surface area contributed by atoms with Gasteiger partial charge in [-0.25, -0.2) is 4.98 Å². The zero-order valence-corrected chi connectivity index (χ0v) is 15.0. The molecule has 2 aliphatic rings. The number of amides is 1. The van der Waals surface area contributed by atoms with E-state index >= 15 is 0 Å². The Hall–Kier alpha value is -2.76. The fourth-order valence-electron chi connectivity index (χ4n) is 3.72. The van der Waals surface area contributed by atoms with Crippen molar-refractivity contribution in [3.05, 3.63) is 53.1 Å². The number of ketones is 1. The van der Waals surface area contributed by atoms with Gasteiger partial charge in [0.25, 0.3) is 5.91 Å². The standard InChI is InChI=1S/C20H21N3O3/c1-13-9-15-17(24)11-20(26-18(15)10-14(13)2)3-7-23(8-4-20)19(25)16-12-21-5-6-22-16/h5-6,9-10,12H,3-4,7-8,11H2,1-2H3. The molecule has 1 fully saturated rings. The van der Waals surface area contributed by atoms with Gasteiger partial charge in [0.2, 0.25) is 0 Å². The van der Waals surface area contributed by atoms with Gasteiger partial charge in [0, 0.05) is 38.3 Å². The molecule has 0 atom stereocenters. The molecule has 0 aliphatic carbocycles.